The topological polar surface area (TPSA) is 115 Å². The maximum Gasteiger partial charge on any atom is 0.237 e. The number of aliphatic hydroxyl groups is 2. The average molecular weight is 325 g/mol. The number of aryl methyl sites for hydroxylation is 1. The van der Waals surface area contributed by atoms with E-state index < -0.39 is 12.1 Å². The summed E-state index contributed by atoms with van der Waals surface area (Å²) in [5.41, 5.74) is 0. The van der Waals surface area contributed by atoms with Crippen LogP contribution in [0.4, 0.5) is 0 Å². The summed E-state index contributed by atoms with van der Waals surface area (Å²) in [6.07, 6.45) is -0.0397. The summed E-state index contributed by atoms with van der Waals surface area (Å²) in [5, 5.41) is 23.3. The van der Waals surface area contributed by atoms with Gasteiger partial charge in [-0.25, -0.2) is 0 Å². The third-order valence-corrected chi connectivity index (χ3v) is 3.78. The first-order valence-electron chi connectivity index (χ1n) is 7.61. The van der Waals surface area contributed by atoms with Gasteiger partial charge >= 0.3 is 0 Å². The Hall–Kier alpha value is -1.90. The third kappa shape index (κ3) is 4.78. The quantitative estimate of drug-likeness (QED) is 0.498. The number of furan rings is 1. The Labute approximate surface area is 134 Å². The van der Waals surface area contributed by atoms with Crippen molar-refractivity contribution in [3.63, 3.8) is 0 Å². The molecule has 1 aromatic rings. The molecule has 0 bridgehead atoms. The van der Waals surface area contributed by atoms with Crippen LogP contribution in [-0.2, 0) is 16.1 Å². The maximum atomic E-state index is 12.1. The van der Waals surface area contributed by atoms with E-state index in [-0.39, 0.29) is 31.4 Å². The zero-order valence-electron chi connectivity index (χ0n) is 13.1. The van der Waals surface area contributed by atoms with Gasteiger partial charge in [0.15, 0.2) is 0 Å². The molecular formula is C15H23N3O5. The van der Waals surface area contributed by atoms with Gasteiger partial charge in [-0.1, -0.05) is 0 Å². The molecule has 1 aliphatic rings. The fraction of sp³-hybridized carbons (Fsp3) is 0.600. The monoisotopic (exact) mass is 325 g/mol. The summed E-state index contributed by atoms with van der Waals surface area (Å²) in [6, 6.07) is 2.39. The van der Waals surface area contributed by atoms with Gasteiger partial charge in [0.1, 0.15) is 11.5 Å². The SMILES string of the molecule is Cc1ccc(CN2CCNC(=O)[C@H]2CC(=O)NC(CO)CO)o1. The van der Waals surface area contributed by atoms with Crippen LogP contribution in [0.1, 0.15) is 17.9 Å². The molecular weight excluding hydrogens is 302 g/mol. The summed E-state index contributed by atoms with van der Waals surface area (Å²) in [7, 11) is 0. The van der Waals surface area contributed by atoms with Crippen molar-refractivity contribution in [3.8, 4) is 0 Å². The van der Waals surface area contributed by atoms with Crippen LogP contribution in [-0.4, -0.2) is 65.3 Å². The highest BCUT2D eigenvalue weighted by atomic mass is 16.3. The zero-order valence-corrected chi connectivity index (χ0v) is 13.1. The maximum absolute atomic E-state index is 12.1. The molecule has 1 aliphatic heterocycles. The average Bonchev–Trinajstić information content (AvgIpc) is 2.93. The molecule has 4 N–H and O–H groups in total. The van der Waals surface area contributed by atoms with E-state index in [1.54, 1.807) is 0 Å². The number of nitrogens with one attached hydrogen (secondary N) is 2. The second-order valence-corrected chi connectivity index (χ2v) is 5.62. The second-order valence-electron chi connectivity index (χ2n) is 5.62. The van der Waals surface area contributed by atoms with E-state index in [0.717, 1.165) is 11.5 Å². The number of amides is 2. The first-order valence-corrected chi connectivity index (χ1v) is 7.61. The van der Waals surface area contributed by atoms with E-state index in [0.29, 0.717) is 19.6 Å². The fourth-order valence-electron chi connectivity index (χ4n) is 2.55. The lowest BCUT2D eigenvalue weighted by molar-refractivity contribution is -0.134. The lowest BCUT2D eigenvalue weighted by atomic mass is 10.1. The lowest BCUT2D eigenvalue weighted by Crippen LogP contribution is -2.56. The molecule has 1 fully saturated rings. The van der Waals surface area contributed by atoms with Gasteiger partial charge < -0.3 is 25.3 Å². The van der Waals surface area contributed by atoms with Crippen molar-refractivity contribution in [1.82, 2.24) is 15.5 Å². The Kier molecular flexibility index (Phi) is 6.14. The lowest BCUT2D eigenvalue weighted by Gasteiger charge is -2.34. The van der Waals surface area contributed by atoms with Crippen molar-refractivity contribution >= 4 is 11.8 Å². The number of nitrogens with zero attached hydrogens (tertiary/aromatic N) is 1. The fourth-order valence-corrected chi connectivity index (χ4v) is 2.55. The molecule has 1 aromatic heterocycles. The van der Waals surface area contributed by atoms with E-state index in [4.69, 9.17) is 14.6 Å². The van der Waals surface area contributed by atoms with Crippen molar-refractivity contribution in [2.24, 2.45) is 0 Å². The molecule has 1 atom stereocenters. The largest absolute Gasteiger partial charge is 0.465 e. The van der Waals surface area contributed by atoms with Gasteiger partial charge in [0.2, 0.25) is 11.8 Å². The van der Waals surface area contributed by atoms with Crippen LogP contribution in [0, 0.1) is 6.92 Å². The van der Waals surface area contributed by atoms with Crippen molar-refractivity contribution in [2.45, 2.75) is 32.0 Å². The minimum atomic E-state index is -0.713. The van der Waals surface area contributed by atoms with Crippen molar-refractivity contribution in [2.75, 3.05) is 26.3 Å². The first-order chi connectivity index (χ1) is 11.0. The third-order valence-electron chi connectivity index (χ3n) is 3.78. The van der Waals surface area contributed by atoms with E-state index in [1.165, 1.54) is 0 Å². The van der Waals surface area contributed by atoms with Gasteiger partial charge in [0.25, 0.3) is 0 Å². The number of piperazine rings is 1. The van der Waals surface area contributed by atoms with E-state index in [2.05, 4.69) is 10.6 Å². The van der Waals surface area contributed by atoms with Crippen LogP contribution in [0.5, 0.6) is 0 Å². The molecule has 2 amide bonds. The molecule has 0 saturated carbocycles. The number of hydrogen-bond donors (Lipinski definition) is 4. The molecule has 0 spiro atoms. The Morgan fingerprint density at radius 2 is 2.22 bits per heavy atom. The number of rotatable bonds is 7. The highest BCUT2D eigenvalue weighted by molar-refractivity contribution is 5.88. The second kappa shape index (κ2) is 8.09. The zero-order chi connectivity index (χ0) is 16.8. The van der Waals surface area contributed by atoms with E-state index >= 15 is 0 Å². The number of carbonyl (C=O) groups excluding carboxylic acids is 2. The van der Waals surface area contributed by atoms with Crippen LogP contribution in [0.2, 0.25) is 0 Å². The van der Waals surface area contributed by atoms with Gasteiger partial charge in [0.05, 0.1) is 38.3 Å². The minimum absolute atomic E-state index is 0.0397. The highest BCUT2D eigenvalue weighted by Gasteiger charge is 2.32. The van der Waals surface area contributed by atoms with Gasteiger partial charge in [0, 0.05) is 13.1 Å². The number of hydrogen-bond acceptors (Lipinski definition) is 6. The van der Waals surface area contributed by atoms with Gasteiger partial charge in [-0.2, -0.15) is 0 Å². The van der Waals surface area contributed by atoms with Crippen molar-refractivity contribution in [1.29, 1.82) is 0 Å². The number of aliphatic hydroxyl groups excluding tert-OH is 2. The van der Waals surface area contributed by atoms with Crippen molar-refractivity contribution in [3.05, 3.63) is 23.7 Å². The predicted octanol–water partition coefficient (Wildman–Crippen LogP) is -1.25. The molecule has 0 aromatic carbocycles. The van der Waals surface area contributed by atoms with Gasteiger partial charge in [-0.05, 0) is 19.1 Å². The van der Waals surface area contributed by atoms with Crippen LogP contribution in [0.15, 0.2) is 16.5 Å². The van der Waals surface area contributed by atoms with Crippen LogP contribution >= 0.6 is 0 Å². The van der Waals surface area contributed by atoms with Gasteiger partial charge in [-0.15, -0.1) is 0 Å². The molecule has 8 heteroatoms. The predicted molar refractivity (Wildman–Crippen MR) is 81.4 cm³/mol. The summed E-state index contributed by atoms with van der Waals surface area (Å²) >= 11 is 0. The Balaban J connectivity index is 1.99. The summed E-state index contributed by atoms with van der Waals surface area (Å²) in [5.74, 6) is 0.940. The normalized spacial score (nSPS) is 19.0. The molecule has 23 heavy (non-hydrogen) atoms. The first kappa shape index (κ1) is 17.5. The standard InChI is InChI=1S/C15H23N3O5/c1-10-2-3-12(23-10)7-18-5-4-16-15(22)13(18)6-14(21)17-11(8-19)9-20/h2-3,11,13,19-20H,4-9H2,1H3,(H,16,22)(H,17,21)/t13-/m1/s1. The molecule has 128 valence electrons. The highest BCUT2D eigenvalue weighted by Crippen LogP contribution is 2.15. The van der Waals surface area contributed by atoms with Crippen LogP contribution in [0.3, 0.4) is 0 Å². The molecule has 0 aliphatic carbocycles. The Morgan fingerprint density at radius 1 is 1.48 bits per heavy atom. The molecule has 0 radical (unpaired) electrons. The summed E-state index contributed by atoms with van der Waals surface area (Å²) in [4.78, 5) is 26.0. The van der Waals surface area contributed by atoms with Crippen molar-refractivity contribution < 1.29 is 24.2 Å². The molecule has 1 saturated heterocycles. The molecule has 0 unspecified atom stereocenters. The molecule has 8 nitrogen and oxygen atoms in total. The van der Waals surface area contributed by atoms with E-state index in [1.807, 2.05) is 24.0 Å². The molecule has 2 rings (SSSR count). The summed E-state index contributed by atoms with van der Waals surface area (Å²) < 4.78 is 5.53. The smallest absolute Gasteiger partial charge is 0.237 e. The molecule has 2 heterocycles. The van der Waals surface area contributed by atoms with Crippen LogP contribution < -0.4 is 10.6 Å². The van der Waals surface area contributed by atoms with Gasteiger partial charge in [-0.3, -0.25) is 14.5 Å². The number of carbonyl (C=O) groups is 2. The Morgan fingerprint density at radius 3 is 2.83 bits per heavy atom. The summed E-state index contributed by atoms with van der Waals surface area (Å²) in [6.45, 7) is 2.73. The van der Waals surface area contributed by atoms with Crippen LogP contribution in [0.25, 0.3) is 0 Å². The minimum Gasteiger partial charge on any atom is -0.465 e. The Bertz CT molecular complexity index is 541. The van der Waals surface area contributed by atoms with E-state index in [9.17, 15) is 9.59 Å².